The Hall–Kier alpha value is -3.16. The van der Waals surface area contributed by atoms with Crippen LogP contribution >= 0.6 is 23.1 Å². The maximum atomic E-state index is 13.1. The van der Waals surface area contributed by atoms with E-state index in [9.17, 15) is 19.8 Å². The van der Waals surface area contributed by atoms with E-state index in [4.69, 9.17) is 4.98 Å². The third kappa shape index (κ3) is 3.51. The number of thiazole rings is 1. The van der Waals surface area contributed by atoms with Crippen molar-refractivity contribution in [2.75, 3.05) is 0 Å². The first-order valence-corrected chi connectivity index (χ1v) is 12.7. The standard InChI is InChI=1S/C27H23NO4S2/c29-23(30)26(18-9-3-1-4-10-18)16-15-20(33-25-28-21-13-7-8-14-22(21)34-25)17-27(26,24(31)32)19-11-5-2-6-12-19/h1-14,20H,15-17H2,(H,29,30)(H,31,32)/p-2. The van der Waals surface area contributed by atoms with Crippen LogP contribution in [0.1, 0.15) is 30.4 Å². The highest BCUT2D eigenvalue weighted by Crippen LogP contribution is 2.56. The van der Waals surface area contributed by atoms with Crippen LogP contribution in [0.4, 0.5) is 0 Å². The molecule has 0 saturated heterocycles. The maximum absolute atomic E-state index is 13.1. The number of carboxylic acids is 2. The second-order valence-corrected chi connectivity index (χ2v) is 11.1. The Balaban J connectivity index is 1.64. The van der Waals surface area contributed by atoms with Crippen molar-refractivity contribution >= 4 is 45.3 Å². The minimum atomic E-state index is -1.80. The molecule has 0 amide bonds. The highest BCUT2D eigenvalue weighted by Gasteiger charge is 2.58. The van der Waals surface area contributed by atoms with Crippen molar-refractivity contribution in [3.8, 4) is 0 Å². The van der Waals surface area contributed by atoms with E-state index in [1.54, 1.807) is 72.0 Å². The van der Waals surface area contributed by atoms with Gasteiger partial charge in [0.15, 0.2) is 4.34 Å². The summed E-state index contributed by atoms with van der Waals surface area (Å²) in [5.41, 5.74) is -1.84. The number of hydrogen-bond donors (Lipinski definition) is 0. The summed E-state index contributed by atoms with van der Waals surface area (Å²) in [7, 11) is 0. The maximum Gasteiger partial charge on any atom is 0.151 e. The molecule has 0 spiro atoms. The monoisotopic (exact) mass is 487 g/mol. The Morgan fingerprint density at radius 3 is 1.97 bits per heavy atom. The summed E-state index contributed by atoms with van der Waals surface area (Å²) in [5.74, 6) is -2.79. The van der Waals surface area contributed by atoms with Crippen molar-refractivity contribution in [1.29, 1.82) is 0 Å². The smallest absolute Gasteiger partial charge is 0.151 e. The number of rotatable bonds is 6. The molecule has 5 nitrogen and oxygen atoms in total. The van der Waals surface area contributed by atoms with Gasteiger partial charge in [0.05, 0.1) is 27.6 Å². The van der Waals surface area contributed by atoms with Crippen molar-refractivity contribution in [1.82, 2.24) is 4.98 Å². The minimum Gasteiger partial charge on any atom is -0.549 e. The number of carbonyl (C=O) groups excluding carboxylic acids is 2. The number of aliphatic carboxylic acids is 2. The number of hydrogen-bond acceptors (Lipinski definition) is 7. The Bertz CT molecular complexity index is 1310. The molecule has 3 atom stereocenters. The quantitative estimate of drug-likeness (QED) is 0.414. The molecule has 4 aromatic rings. The molecule has 1 heterocycles. The first-order chi connectivity index (χ1) is 16.5. The van der Waals surface area contributed by atoms with Gasteiger partial charge < -0.3 is 19.8 Å². The molecule has 3 unspecified atom stereocenters. The minimum absolute atomic E-state index is 0.0861. The lowest BCUT2D eigenvalue weighted by atomic mass is 9.50. The summed E-state index contributed by atoms with van der Waals surface area (Å²) in [4.78, 5) is 30.7. The molecular weight excluding hydrogens is 466 g/mol. The fraction of sp³-hybridized carbons (Fsp3) is 0.222. The zero-order valence-corrected chi connectivity index (χ0v) is 19.8. The lowest BCUT2D eigenvalue weighted by molar-refractivity contribution is -0.334. The number of benzene rings is 3. The van der Waals surface area contributed by atoms with Crippen LogP contribution in [0.3, 0.4) is 0 Å². The van der Waals surface area contributed by atoms with E-state index in [0.717, 1.165) is 14.6 Å². The van der Waals surface area contributed by atoms with Gasteiger partial charge in [-0.15, -0.1) is 11.3 Å². The van der Waals surface area contributed by atoms with Crippen LogP contribution in [-0.2, 0) is 20.4 Å². The normalized spacial score (nSPS) is 24.6. The Kier molecular flexibility index (Phi) is 5.91. The molecule has 0 N–H and O–H groups in total. The number of para-hydroxylation sites is 1. The fourth-order valence-corrected chi connectivity index (χ4v) is 7.90. The van der Waals surface area contributed by atoms with Crippen molar-refractivity contribution in [3.05, 3.63) is 96.1 Å². The predicted octanol–water partition coefficient (Wildman–Crippen LogP) is 3.32. The summed E-state index contributed by atoms with van der Waals surface area (Å²) in [6, 6.07) is 25.0. The Morgan fingerprint density at radius 2 is 1.38 bits per heavy atom. The van der Waals surface area contributed by atoms with Gasteiger partial charge in [-0.1, -0.05) is 84.6 Å². The van der Waals surface area contributed by atoms with Crippen LogP contribution in [0.5, 0.6) is 0 Å². The van der Waals surface area contributed by atoms with Crippen molar-refractivity contribution in [3.63, 3.8) is 0 Å². The second-order valence-electron chi connectivity index (χ2n) is 8.55. The predicted molar refractivity (Wildman–Crippen MR) is 129 cm³/mol. The van der Waals surface area contributed by atoms with Crippen LogP contribution in [0.2, 0.25) is 0 Å². The summed E-state index contributed by atoms with van der Waals surface area (Å²) in [6.45, 7) is 0. The average molecular weight is 488 g/mol. The Morgan fingerprint density at radius 1 is 0.824 bits per heavy atom. The molecule has 0 bridgehead atoms. The molecule has 1 aromatic heterocycles. The van der Waals surface area contributed by atoms with Crippen LogP contribution in [0.15, 0.2) is 89.3 Å². The fourth-order valence-electron chi connectivity index (χ4n) is 5.32. The first kappa shape index (κ1) is 22.6. The molecular formula is C27H21NO4S2-2. The van der Waals surface area contributed by atoms with Gasteiger partial charge in [-0.2, -0.15) is 0 Å². The second kappa shape index (κ2) is 8.89. The lowest BCUT2D eigenvalue weighted by Crippen LogP contribution is -2.68. The SMILES string of the molecule is O=C([O-])C1(c2ccccc2)CCC(Sc2nc3ccccc3s2)CC1(C(=O)[O-])c1ccccc1. The topological polar surface area (TPSA) is 93.2 Å². The molecule has 0 radical (unpaired) electrons. The van der Waals surface area contributed by atoms with Gasteiger partial charge >= 0.3 is 0 Å². The first-order valence-electron chi connectivity index (χ1n) is 11.0. The van der Waals surface area contributed by atoms with Gasteiger partial charge in [0.1, 0.15) is 0 Å². The molecule has 1 fully saturated rings. The van der Waals surface area contributed by atoms with E-state index in [0.29, 0.717) is 17.5 Å². The molecule has 1 saturated carbocycles. The van der Waals surface area contributed by atoms with E-state index in [-0.39, 0.29) is 18.1 Å². The molecule has 3 aromatic carbocycles. The summed E-state index contributed by atoms with van der Waals surface area (Å²) in [6.07, 6.45) is 0.707. The molecule has 172 valence electrons. The van der Waals surface area contributed by atoms with Crippen LogP contribution in [-0.4, -0.2) is 22.2 Å². The van der Waals surface area contributed by atoms with Crippen molar-refractivity contribution < 1.29 is 19.8 Å². The highest BCUT2D eigenvalue weighted by molar-refractivity contribution is 8.01. The van der Waals surface area contributed by atoms with E-state index >= 15 is 0 Å². The van der Waals surface area contributed by atoms with E-state index in [1.807, 2.05) is 24.3 Å². The highest BCUT2D eigenvalue weighted by atomic mass is 32.2. The van der Waals surface area contributed by atoms with Crippen LogP contribution in [0, 0.1) is 0 Å². The summed E-state index contributed by atoms with van der Waals surface area (Å²) in [5, 5.41) is 25.9. The van der Waals surface area contributed by atoms with Gasteiger partial charge in [0.2, 0.25) is 0 Å². The third-order valence-corrected chi connectivity index (χ3v) is 9.27. The lowest BCUT2D eigenvalue weighted by Gasteiger charge is -2.57. The molecule has 1 aliphatic rings. The summed E-state index contributed by atoms with van der Waals surface area (Å²) < 4.78 is 1.90. The van der Waals surface area contributed by atoms with Crippen molar-refractivity contribution in [2.24, 2.45) is 0 Å². The number of aromatic nitrogens is 1. The van der Waals surface area contributed by atoms with Gasteiger partial charge in [-0.25, -0.2) is 4.98 Å². The molecule has 1 aliphatic carbocycles. The molecule has 34 heavy (non-hydrogen) atoms. The van der Waals surface area contributed by atoms with Gasteiger partial charge in [0, 0.05) is 10.7 Å². The summed E-state index contributed by atoms with van der Waals surface area (Å²) >= 11 is 3.07. The van der Waals surface area contributed by atoms with E-state index < -0.39 is 22.8 Å². The number of nitrogens with zero attached hydrogens (tertiary/aromatic N) is 1. The number of carbonyl (C=O) groups is 2. The largest absolute Gasteiger partial charge is 0.549 e. The molecule has 7 heteroatoms. The van der Waals surface area contributed by atoms with Crippen molar-refractivity contribution in [2.45, 2.75) is 39.7 Å². The van der Waals surface area contributed by atoms with Crippen LogP contribution < -0.4 is 10.2 Å². The average Bonchev–Trinajstić information content (AvgIpc) is 3.27. The van der Waals surface area contributed by atoms with E-state index in [1.165, 1.54) is 11.8 Å². The van der Waals surface area contributed by atoms with E-state index in [2.05, 4.69) is 0 Å². The molecule has 0 aliphatic heterocycles. The number of carboxylic acid groups (broad SMARTS) is 2. The number of thioether (sulfide) groups is 1. The number of fused-ring (bicyclic) bond motifs is 1. The third-order valence-electron chi connectivity index (χ3n) is 6.88. The zero-order chi connectivity index (χ0) is 23.8. The van der Waals surface area contributed by atoms with Crippen LogP contribution in [0.25, 0.3) is 10.2 Å². The van der Waals surface area contributed by atoms with Gasteiger partial charge in [-0.05, 0) is 42.5 Å². The van der Waals surface area contributed by atoms with Gasteiger partial charge in [-0.3, -0.25) is 0 Å². The van der Waals surface area contributed by atoms with Gasteiger partial charge in [0.25, 0.3) is 0 Å². The molecule has 5 rings (SSSR count). The Labute approximate surface area is 205 Å². The zero-order valence-electron chi connectivity index (χ0n) is 18.2.